The van der Waals surface area contributed by atoms with Crippen LogP contribution >= 0.6 is 0 Å². The molecule has 2 aromatic rings. The number of aryl methyl sites for hydroxylation is 2. The fourth-order valence-corrected chi connectivity index (χ4v) is 9.75. The summed E-state index contributed by atoms with van der Waals surface area (Å²) in [5.74, 6) is 0. The lowest BCUT2D eigenvalue weighted by Gasteiger charge is -2.23. The number of imidazole rings is 2. The molecule has 0 amide bonds. The third-order valence-corrected chi connectivity index (χ3v) is 14.7. The number of halogens is 2. The van der Waals surface area contributed by atoms with Gasteiger partial charge in [0.1, 0.15) is 36.9 Å². The van der Waals surface area contributed by atoms with E-state index in [-0.39, 0.29) is 29.4 Å². The zero-order valence-electron chi connectivity index (χ0n) is 27.9. The summed E-state index contributed by atoms with van der Waals surface area (Å²) in [7, 11) is 5.20. The SMILES string of the molecule is CO[Si](CCC[n+]1ccn(C2CCCCC2)c1)(OC)OC.CO[Si](CCC[n+]1ccn(C2CCCCC2)c1)(OC)OC.[Br-].[Cl-]. The van der Waals surface area contributed by atoms with Crippen molar-refractivity contribution in [2.24, 2.45) is 0 Å². The largest absolute Gasteiger partial charge is 1.00 e. The van der Waals surface area contributed by atoms with E-state index in [9.17, 15) is 0 Å². The second-order valence-corrected chi connectivity index (χ2v) is 17.8. The molecule has 2 aromatic heterocycles. The van der Waals surface area contributed by atoms with Gasteiger partial charge in [0, 0.05) is 54.7 Å². The van der Waals surface area contributed by atoms with E-state index in [1.54, 1.807) is 42.7 Å². The maximum absolute atomic E-state index is 5.45. The Kier molecular flexibility index (Phi) is 20.7. The minimum Gasteiger partial charge on any atom is -1.00 e. The fourth-order valence-electron chi connectivity index (χ4n) is 6.35. The lowest BCUT2D eigenvalue weighted by molar-refractivity contribution is -0.696. The second kappa shape index (κ2) is 22.0. The van der Waals surface area contributed by atoms with Gasteiger partial charge in [-0.05, 0) is 64.2 Å². The first-order valence-corrected chi connectivity index (χ1v) is 19.8. The summed E-state index contributed by atoms with van der Waals surface area (Å²) in [6, 6.07) is 3.09. The van der Waals surface area contributed by atoms with E-state index >= 15 is 0 Å². The molecule has 44 heavy (non-hydrogen) atoms. The average Bonchev–Trinajstić information content (AvgIpc) is 3.74. The summed E-state index contributed by atoms with van der Waals surface area (Å²) in [4.78, 5) is 0. The molecule has 256 valence electrons. The highest BCUT2D eigenvalue weighted by Crippen LogP contribution is 2.28. The zero-order chi connectivity index (χ0) is 30.3. The molecule has 0 aliphatic heterocycles. The van der Waals surface area contributed by atoms with Gasteiger partial charge in [0.15, 0.2) is 0 Å². The molecule has 0 radical (unpaired) electrons. The molecule has 0 atom stereocenters. The summed E-state index contributed by atoms with van der Waals surface area (Å²) < 4.78 is 42.0. The first-order valence-electron chi connectivity index (χ1n) is 15.9. The van der Waals surface area contributed by atoms with E-state index in [4.69, 9.17) is 26.6 Å². The summed E-state index contributed by atoms with van der Waals surface area (Å²) in [6.45, 7) is 1.95. The van der Waals surface area contributed by atoms with Gasteiger partial charge in [-0.2, -0.15) is 0 Å². The molecule has 0 N–H and O–H groups in total. The predicted molar refractivity (Wildman–Crippen MR) is 166 cm³/mol. The van der Waals surface area contributed by atoms with Crippen molar-refractivity contribution >= 4 is 17.6 Å². The highest BCUT2D eigenvalue weighted by molar-refractivity contribution is 6.60. The molecule has 2 saturated carbocycles. The standard InChI is InChI=1S/2C15H29N2O3Si.BrH.ClH/c2*1-18-21(19-2,20-3)13-7-10-16-11-12-17(14-16)15-8-5-4-6-9-15;;/h2*11-12,14-15H,4-10,13H2,1-3H3;2*1H/q2*+1;;/p-2. The smallest absolute Gasteiger partial charge is 0.500 e. The molecular weight excluding hydrogens is 684 g/mol. The maximum Gasteiger partial charge on any atom is 0.500 e. The third kappa shape index (κ3) is 12.5. The van der Waals surface area contributed by atoms with Crippen molar-refractivity contribution in [1.82, 2.24) is 9.13 Å². The monoisotopic (exact) mass is 740 g/mol. The van der Waals surface area contributed by atoms with Gasteiger partial charge in [0.2, 0.25) is 12.7 Å². The Balaban J connectivity index is 0.000000421. The topological polar surface area (TPSA) is 73.0 Å². The first kappa shape index (κ1) is 41.4. The number of hydrogen-bond acceptors (Lipinski definition) is 6. The van der Waals surface area contributed by atoms with E-state index in [0.29, 0.717) is 12.1 Å². The maximum atomic E-state index is 5.45. The summed E-state index contributed by atoms with van der Waals surface area (Å²) >= 11 is 0. The molecule has 2 aliphatic rings. The van der Waals surface area contributed by atoms with Gasteiger partial charge in [-0.1, -0.05) is 12.8 Å². The minimum atomic E-state index is -2.42. The van der Waals surface area contributed by atoms with Crippen LogP contribution in [0, 0.1) is 0 Å². The summed E-state index contributed by atoms with van der Waals surface area (Å²) in [5, 5.41) is 0. The Morgan fingerprint density at radius 3 is 1.18 bits per heavy atom. The molecule has 0 bridgehead atoms. The van der Waals surface area contributed by atoms with Gasteiger partial charge in [-0.15, -0.1) is 0 Å². The van der Waals surface area contributed by atoms with Crippen molar-refractivity contribution in [2.45, 2.75) is 114 Å². The molecule has 2 heterocycles. The van der Waals surface area contributed by atoms with Crippen LogP contribution < -0.4 is 38.5 Å². The lowest BCUT2D eigenvalue weighted by atomic mass is 9.95. The van der Waals surface area contributed by atoms with Gasteiger partial charge < -0.3 is 55.9 Å². The van der Waals surface area contributed by atoms with Crippen molar-refractivity contribution < 1.29 is 65.1 Å². The van der Waals surface area contributed by atoms with Gasteiger partial charge in [0.05, 0.1) is 13.1 Å². The summed E-state index contributed by atoms with van der Waals surface area (Å²) in [6.07, 6.45) is 28.8. The van der Waals surface area contributed by atoms with Crippen LogP contribution in [-0.2, 0) is 39.6 Å². The van der Waals surface area contributed by atoms with Crippen molar-refractivity contribution in [3.8, 4) is 0 Å². The van der Waals surface area contributed by atoms with Crippen molar-refractivity contribution in [2.75, 3.05) is 42.7 Å². The van der Waals surface area contributed by atoms with Gasteiger partial charge in [-0.25, -0.2) is 18.3 Å². The van der Waals surface area contributed by atoms with Gasteiger partial charge >= 0.3 is 17.6 Å². The fraction of sp³-hybridized carbons (Fsp3) is 0.800. The van der Waals surface area contributed by atoms with E-state index in [2.05, 4.69) is 55.7 Å². The van der Waals surface area contributed by atoms with E-state index < -0.39 is 17.6 Å². The van der Waals surface area contributed by atoms with Gasteiger partial charge in [-0.3, -0.25) is 0 Å². The van der Waals surface area contributed by atoms with Crippen LogP contribution in [0.25, 0.3) is 0 Å². The Labute approximate surface area is 285 Å². The molecule has 0 saturated heterocycles. The highest BCUT2D eigenvalue weighted by atomic mass is 79.9. The molecule has 0 aromatic carbocycles. The molecule has 14 heteroatoms. The Morgan fingerprint density at radius 2 is 0.886 bits per heavy atom. The van der Waals surface area contributed by atoms with Crippen LogP contribution in [0.15, 0.2) is 37.4 Å². The van der Waals surface area contributed by atoms with E-state index in [1.165, 1.54) is 64.2 Å². The molecule has 10 nitrogen and oxygen atoms in total. The second-order valence-electron chi connectivity index (χ2n) is 11.6. The highest BCUT2D eigenvalue weighted by Gasteiger charge is 2.38. The molecular formula is C30H58BrClN4O6Si2. The number of hydrogen-bond donors (Lipinski definition) is 0. The minimum absolute atomic E-state index is 0. The molecule has 0 spiro atoms. The normalized spacial score (nSPS) is 16.5. The van der Waals surface area contributed by atoms with Crippen LogP contribution in [0.4, 0.5) is 0 Å². The lowest BCUT2D eigenvalue weighted by Crippen LogP contribution is -3.00. The number of rotatable bonds is 16. The Morgan fingerprint density at radius 1 is 0.568 bits per heavy atom. The molecule has 0 unspecified atom stereocenters. The molecule has 2 aliphatic carbocycles. The Hall–Kier alpha value is -0.616. The van der Waals surface area contributed by atoms with Crippen molar-refractivity contribution in [3.63, 3.8) is 0 Å². The average molecular weight is 742 g/mol. The van der Waals surface area contributed by atoms with Crippen LogP contribution in [-0.4, -0.2) is 69.4 Å². The first-order chi connectivity index (χ1) is 20.5. The van der Waals surface area contributed by atoms with Crippen molar-refractivity contribution in [3.05, 3.63) is 37.4 Å². The zero-order valence-corrected chi connectivity index (χ0v) is 32.3. The molecule has 4 rings (SSSR count). The predicted octanol–water partition coefficient (Wildman–Crippen LogP) is -0.894. The molecule has 2 fully saturated rings. The number of aromatic nitrogens is 4. The number of nitrogens with zero attached hydrogens (tertiary/aromatic N) is 4. The quantitative estimate of drug-likeness (QED) is 0.164. The Bertz CT molecular complexity index is 905. The summed E-state index contributed by atoms with van der Waals surface area (Å²) in [5.41, 5.74) is 0. The van der Waals surface area contributed by atoms with Crippen LogP contribution in [0.5, 0.6) is 0 Å². The van der Waals surface area contributed by atoms with Gasteiger partial charge in [0.25, 0.3) is 0 Å². The van der Waals surface area contributed by atoms with Crippen LogP contribution in [0.1, 0.15) is 89.1 Å². The van der Waals surface area contributed by atoms with E-state index in [0.717, 1.165) is 38.0 Å². The van der Waals surface area contributed by atoms with Crippen LogP contribution in [0.3, 0.4) is 0 Å². The van der Waals surface area contributed by atoms with Crippen molar-refractivity contribution in [1.29, 1.82) is 0 Å². The van der Waals surface area contributed by atoms with Crippen LogP contribution in [0.2, 0.25) is 12.1 Å². The third-order valence-electron chi connectivity index (χ3n) is 9.08. The van der Waals surface area contributed by atoms with E-state index in [1.807, 2.05) is 0 Å².